The molecule has 2 aromatic carbocycles. The molecule has 0 spiro atoms. The Morgan fingerprint density at radius 1 is 0.838 bits per heavy atom. The highest BCUT2D eigenvalue weighted by Crippen LogP contribution is 2.34. The highest BCUT2D eigenvalue weighted by Gasteiger charge is 2.51. The summed E-state index contributed by atoms with van der Waals surface area (Å²) in [6.07, 6.45) is -0.0667. The number of nitrogens with two attached hydrogens (primary N) is 1. The van der Waals surface area contributed by atoms with Crippen LogP contribution in [0.25, 0.3) is 33.1 Å². The maximum atomic E-state index is 10.3. The summed E-state index contributed by atoms with van der Waals surface area (Å²) in [4.78, 5) is 23.8. The minimum Gasteiger partial charge on any atom is -0.394 e. The number of aliphatic hydroxyl groups excluding tert-OH is 1. The number of para-hydroxylation sites is 2. The molecule has 6 aromatic rings. The van der Waals surface area contributed by atoms with Gasteiger partial charge in [-0.2, -0.15) is 0 Å². The number of imidazole rings is 1. The maximum absolute atomic E-state index is 10.3. The first kappa shape index (κ1) is 21.5. The first-order valence-corrected chi connectivity index (χ1v) is 11.5. The molecular formula is C23H20N10O4. The van der Waals surface area contributed by atoms with E-state index in [4.69, 9.17) is 20.1 Å². The zero-order chi connectivity index (χ0) is 24.9. The van der Waals surface area contributed by atoms with E-state index in [2.05, 4.69) is 30.6 Å². The Morgan fingerprint density at radius 2 is 1.49 bits per heavy atom. The minimum absolute atomic E-state index is 0.287. The standard InChI is InChI=1S/C23H20N10O4/c24-22-19-17(9-10-25-22)31(12-26-19)23-21(37-33-16-8-4-2-6-14(16)28-30-33)20(18(11-34)35-23)36-32-15-7-3-1-5-13(15)27-29-32/h1-10,12,18,20-21,23,34H,11H2,(H2,24,25)/t18-,20+,21?,23-/m1/s1. The van der Waals surface area contributed by atoms with Gasteiger partial charge in [0.25, 0.3) is 0 Å². The van der Waals surface area contributed by atoms with Crippen LogP contribution in [0.5, 0.6) is 0 Å². The van der Waals surface area contributed by atoms with Crippen molar-refractivity contribution in [3.8, 4) is 0 Å². The molecule has 1 saturated heterocycles. The number of ether oxygens (including phenoxy) is 1. The van der Waals surface area contributed by atoms with Gasteiger partial charge in [-0.25, -0.2) is 9.97 Å². The zero-order valence-corrected chi connectivity index (χ0v) is 19.1. The Kier molecular flexibility index (Phi) is 4.87. The fraction of sp³-hybridized carbons (Fsp3) is 0.217. The molecule has 0 bridgehead atoms. The SMILES string of the molecule is Nc1nccc2c1ncn2[C@@H]1O[C@H](CO)[C@H](On2nnc3ccccc32)C1On1nnc2ccccc21. The smallest absolute Gasteiger partial charge is 0.214 e. The summed E-state index contributed by atoms with van der Waals surface area (Å²) >= 11 is 0. The lowest BCUT2D eigenvalue weighted by Crippen LogP contribution is -2.47. The van der Waals surface area contributed by atoms with Crippen molar-refractivity contribution in [2.45, 2.75) is 24.5 Å². The molecular weight excluding hydrogens is 480 g/mol. The van der Waals surface area contributed by atoms with Gasteiger partial charge in [0.2, 0.25) is 6.10 Å². The van der Waals surface area contributed by atoms with Crippen LogP contribution >= 0.6 is 0 Å². The third-order valence-corrected chi connectivity index (χ3v) is 6.35. The van der Waals surface area contributed by atoms with Crippen molar-refractivity contribution in [1.29, 1.82) is 0 Å². The summed E-state index contributed by atoms with van der Waals surface area (Å²) < 4.78 is 8.06. The molecule has 3 N–H and O–H groups in total. The number of benzene rings is 2. The monoisotopic (exact) mass is 500 g/mol. The zero-order valence-electron chi connectivity index (χ0n) is 19.1. The topological polar surface area (TPSA) is 166 Å². The quantitative estimate of drug-likeness (QED) is 0.325. The molecule has 0 amide bonds. The van der Waals surface area contributed by atoms with Gasteiger partial charge in [0, 0.05) is 6.20 Å². The Morgan fingerprint density at radius 3 is 2.16 bits per heavy atom. The fourth-order valence-corrected chi connectivity index (χ4v) is 4.58. The van der Waals surface area contributed by atoms with E-state index in [1.54, 1.807) is 23.2 Å². The minimum atomic E-state index is -0.836. The lowest BCUT2D eigenvalue weighted by molar-refractivity contribution is -0.0974. The largest absolute Gasteiger partial charge is 0.394 e. The number of aliphatic hydroxyl groups is 1. The van der Waals surface area contributed by atoms with E-state index in [1.807, 2.05) is 48.5 Å². The number of hydrogen-bond donors (Lipinski definition) is 2. The molecule has 1 aliphatic heterocycles. The van der Waals surface area contributed by atoms with Crippen LogP contribution in [0, 0.1) is 0 Å². The van der Waals surface area contributed by atoms with Gasteiger partial charge in [0.1, 0.15) is 33.7 Å². The van der Waals surface area contributed by atoms with Crippen molar-refractivity contribution in [1.82, 2.24) is 44.8 Å². The van der Waals surface area contributed by atoms with E-state index >= 15 is 0 Å². The van der Waals surface area contributed by atoms with Crippen LogP contribution in [0.4, 0.5) is 5.82 Å². The second kappa shape index (κ2) is 8.39. The fourth-order valence-electron chi connectivity index (χ4n) is 4.58. The lowest BCUT2D eigenvalue weighted by Gasteiger charge is -2.24. The van der Waals surface area contributed by atoms with Crippen molar-refractivity contribution in [3.63, 3.8) is 0 Å². The summed E-state index contributed by atoms with van der Waals surface area (Å²) in [7, 11) is 0. The molecule has 0 radical (unpaired) electrons. The van der Waals surface area contributed by atoms with Crippen LogP contribution in [-0.4, -0.2) is 74.9 Å². The van der Waals surface area contributed by atoms with Crippen LogP contribution < -0.4 is 15.4 Å². The van der Waals surface area contributed by atoms with Crippen LogP contribution in [0.15, 0.2) is 67.1 Å². The third kappa shape index (κ3) is 3.41. The number of hydrogen-bond acceptors (Lipinski definition) is 11. The van der Waals surface area contributed by atoms with Gasteiger partial charge < -0.3 is 25.3 Å². The van der Waals surface area contributed by atoms with Gasteiger partial charge in [0.15, 0.2) is 18.1 Å². The first-order valence-electron chi connectivity index (χ1n) is 11.5. The first-order chi connectivity index (χ1) is 18.2. The molecule has 0 saturated carbocycles. The molecule has 4 aromatic heterocycles. The van der Waals surface area contributed by atoms with Crippen molar-refractivity contribution >= 4 is 38.9 Å². The third-order valence-electron chi connectivity index (χ3n) is 6.35. The number of nitrogens with zero attached hydrogens (tertiary/aromatic N) is 9. The van der Waals surface area contributed by atoms with E-state index in [1.165, 1.54) is 9.69 Å². The second-order valence-corrected chi connectivity index (χ2v) is 8.51. The van der Waals surface area contributed by atoms with Crippen LogP contribution in [0.1, 0.15) is 6.23 Å². The summed E-state index contributed by atoms with van der Waals surface area (Å²) in [5.41, 5.74) is 9.85. The van der Waals surface area contributed by atoms with Crippen molar-refractivity contribution < 1.29 is 19.5 Å². The van der Waals surface area contributed by atoms with Crippen molar-refractivity contribution in [3.05, 3.63) is 67.1 Å². The van der Waals surface area contributed by atoms with Gasteiger partial charge >= 0.3 is 0 Å². The van der Waals surface area contributed by atoms with Crippen molar-refractivity contribution in [2.24, 2.45) is 0 Å². The van der Waals surface area contributed by atoms with Gasteiger partial charge in [-0.3, -0.25) is 4.57 Å². The number of aromatic nitrogens is 9. The summed E-state index contributed by atoms with van der Waals surface area (Å²) in [6, 6.07) is 16.5. The summed E-state index contributed by atoms with van der Waals surface area (Å²) in [5.74, 6) is 0.287. The predicted molar refractivity (Wildman–Crippen MR) is 129 cm³/mol. The molecule has 4 atom stereocenters. The van der Waals surface area contributed by atoms with Gasteiger partial charge in [-0.15, -0.1) is 10.2 Å². The Bertz CT molecular complexity index is 1730. The van der Waals surface area contributed by atoms with Crippen LogP contribution in [-0.2, 0) is 4.74 Å². The van der Waals surface area contributed by atoms with Crippen LogP contribution in [0.2, 0.25) is 0 Å². The molecule has 186 valence electrons. The Hall–Kier alpha value is -4.82. The average Bonchev–Trinajstić information content (AvgIpc) is 3.70. The highest BCUT2D eigenvalue weighted by molar-refractivity contribution is 5.84. The lowest BCUT2D eigenvalue weighted by atomic mass is 10.1. The maximum Gasteiger partial charge on any atom is 0.214 e. The van der Waals surface area contributed by atoms with E-state index < -0.39 is 24.5 Å². The molecule has 1 unspecified atom stereocenters. The molecule has 14 nitrogen and oxygen atoms in total. The van der Waals surface area contributed by atoms with Gasteiger partial charge in [0.05, 0.1) is 18.5 Å². The predicted octanol–water partition coefficient (Wildman–Crippen LogP) is 0.387. The Balaban J connectivity index is 1.33. The number of nitrogen functional groups attached to an aromatic ring is 1. The summed E-state index contributed by atoms with van der Waals surface area (Å²) in [6.45, 7) is -0.345. The summed E-state index contributed by atoms with van der Waals surface area (Å²) in [5, 5.41) is 26.9. The molecule has 0 aliphatic carbocycles. The van der Waals surface area contributed by atoms with Crippen molar-refractivity contribution in [2.75, 3.05) is 12.3 Å². The molecule has 14 heteroatoms. The molecule has 37 heavy (non-hydrogen) atoms. The van der Waals surface area contributed by atoms with Gasteiger partial charge in [-0.05, 0) is 40.8 Å². The molecule has 1 aliphatic rings. The van der Waals surface area contributed by atoms with E-state index in [9.17, 15) is 5.11 Å². The van der Waals surface area contributed by atoms with Gasteiger partial charge in [-0.1, -0.05) is 34.0 Å². The Labute approximate surface area is 207 Å². The van der Waals surface area contributed by atoms with E-state index in [0.29, 0.717) is 33.1 Å². The molecule has 1 fully saturated rings. The second-order valence-electron chi connectivity index (χ2n) is 8.51. The highest BCUT2D eigenvalue weighted by atomic mass is 16.8. The number of rotatable bonds is 6. The molecule has 7 rings (SSSR count). The number of fused-ring (bicyclic) bond motifs is 3. The van der Waals surface area contributed by atoms with E-state index in [-0.39, 0.29) is 12.4 Å². The average molecular weight is 500 g/mol. The normalized spacial score (nSPS) is 21.8. The van der Waals surface area contributed by atoms with Crippen LogP contribution in [0.3, 0.4) is 0 Å². The number of anilines is 1. The number of pyridine rings is 1. The van der Waals surface area contributed by atoms with E-state index in [0.717, 1.165) is 0 Å². The molecule has 5 heterocycles.